The van der Waals surface area contributed by atoms with Gasteiger partial charge in [-0.15, -0.1) is 0 Å². The largest absolute Gasteiger partial charge is 0.394 e. The van der Waals surface area contributed by atoms with Crippen molar-refractivity contribution in [3.8, 4) is 0 Å². The molecule has 1 aromatic carbocycles. The second-order valence-electron chi connectivity index (χ2n) is 4.45. The number of hydrogen-bond donors (Lipinski definition) is 1. The molecule has 1 saturated heterocycles. The summed E-state index contributed by atoms with van der Waals surface area (Å²) in [7, 11) is 0. The lowest BCUT2D eigenvalue weighted by molar-refractivity contribution is -0.387. The molecule has 1 amide bonds. The first-order valence-corrected chi connectivity index (χ1v) is 6.08. The van der Waals surface area contributed by atoms with Crippen LogP contribution in [-0.2, 0) is 4.74 Å². The zero-order valence-electron chi connectivity index (χ0n) is 10.8. The number of nitro groups is 1. The molecule has 1 unspecified atom stereocenters. The summed E-state index contributed by atoms with van der Waals surface area (Å²) in [5.74, 6) is -3.32. The van der Waals surface area contributed by atoms with Gasteiger partial charge in [0.2, 0.25) is 5.82 Å². The number of ether oxygens (including phenoxy) is 1. The zero-order valence-corrected chi connectivity index (χ0v) is 10.8. The molecule has 1 fully saturated rings. The number of benzene rings is 1. The van der Waals surface area contributed by atoms with Crippen LogP contribution in [0.3, 0.4) is 0 Å². The van der Waals surface area contributed by atoms with Crippen molar-refractivity contribution in [3.63, 3.8) is 0 Å². The van der Waals surface area contributed by atoms with Crippen LogP contribution in [0.1, 0.15) is 10.4 Å². The Morgan fingerprint density at radius 1 is 1.48 bits per heavy atom. The quantitative estimate of drug-likeness (QED) is 0.655. The van der Waals surface area contributed by atoms with E-state index in [-0.39, 0.29) is 26.4 Å². The molecule has 0 bridgehead atoms. The van der Waals surface area contributed by atoms with Gasteiger partial charge in [-0.3, -0.25) is 14.9 Å². The summed E-state index contributed by atoms with van der Waals surface area (Å²) >= 11 is 0. The molecule has 1 heterocycles. The Hall–Kier alpha value is -2.13. The first-order valence-electron chi connectivity index (χ1n) is 6.08. The minimum absolute atomic E-state index is 0.0827. The van der Waals surface area contributed by atoms with E-state index in [2.05, 4.69) is 0 Å². The lowest BCUT2D eigenvalue weighted by Crippen LogP contribution is -2.50. The van der Waals surface area contributed by atoms with E-state index < -0.39 is 39.8 Å². The Morgan fingerprint density at radius 3 is 2.81 bits per heavy atom. The highest BCUT2D eigenvalue weighted by Gasteiger charge is 2.31. The van der Waals surface area contributed by atoms with Crippen molar-refractivity contribution in [3.05, 3.63) is 39.4 Å². The van der Waals surface area contributed by atoms with Gasteiger partial charge in [0.05, 0.1) is 42.4 Å². The minimum Gasteiger partial charge on any atom is -0.394 e. The molecule has 1 aromatic rings. The average Bonchev–Trinajstić information content (AvgIpc) is 2.48. The third-order valence-corrected chi connectivity index (χ3v) is 3.16. The average molecular weight is 302 g/mol. The number of hydrogen-bond acceptors (Lipinski definition) is 5. The van der Waals surface area contributed by atoms with E-state index in [1.165, 1.54) is 0 Å². The molecular formula is C12H12F2N2O5. The fraction of sp³-hybridized carbons (Fsp3) is 0.417. The smallest absolute Gasteiger partial charge is 0.307 e. The van der Waals surface area contributed by atoms with E-state index >= 15 is 0 Å². The van der Waals surface area contributed by atoms with Crippen LogP contribution in [0.5, 0.6) is 0 Å². The Morgan fingerprint density at radius 2 is 2.19 bits per heavy atom. The number of aliphatic hydroxyl groups excluding tert-OH is 1. The summed E-state index contributed by atoms with van der Waals surface area (Å²) in [6, 6.07) is 0.209. The van der Waals surface area contributed by atoms with Crippen LogP contribution in [0.15, 0.2) is 12.1 Å². The zero-order chi connectivity index (χ0) is 15.6. The normalized spacial score (nSPS) is 18.6. The molecule has 0 radical (unpaired) electrons. The second kappa shape index (κ2) is 6.10. The molecule has 114 valence electrons. The lowest BCUT2D eigenvalue weighted by atomic mass is 10.1. The standard InChI is InChI=1S/C12H12F2N2O5/c13-9-4-11(16(19)20)10(14)3-8(9)12(18)15-1-2-21-6-7(15)5-17/h3-4,7,17H,1-2,5-6H2. The van der Waals surface area contributed by atoms with Crippen LogP contribution >= 0.6 is 0 Å². The van der Waals surface area contributed by atoms with Crippen molar-refractivity contribution in [1.29, 1.82) is 0 Å². The maximum absolute atomic E-state index is 13.8. The van der Waals surface area contributed by atoms with Crippen LogP contribution in [0.4, 0.5) is 14.5 Å². The summed E-state index contributed by atoms with van der Waals surface area (Å²) in [4.78, 5) is 22.8. The van der Waals surface area contributed by atoms with Crippen LogP contribution < -0.4 is 0 Å². The minimum atomic E-state index is -1.29. The third-order valence-electron chi connectivity index (χ3n) is 3.16. The number of morpholine rings is 1. The van der Waals surface area contributed by atoms with Crippen LogP contribution in [0.2, 0.25) is 0 Å². The molecule has 2 rings (SSSR count). The fourth-order valence-corrected chi connectivity index (χ4v) is 2.07. The molecular weight excluding hydrogens is 290 g/mol. The van der Waals surface area contributed by atoms with Gasteiger partial charge in [0, 0.05) is 6.54 Å². The van der Waals surface area contributed by atoms with Crippen LogP contribution in [0.25, 0.3) is 0 Å². The van der Waals surface area contributed by atoms with Crippen molar-refractivity contribution in [2.24, 2.45) is 0 Å². The number of nitrogens with zero attached hydrogens (tertiary/aromatic N) is 2. The van der Waals surface area contributed by atoms with Crippen molar-refractivity contribution >= 4 is 11.6 Å². The summed E-state index contributed by atoms with van der Waals surface area (Å²) in [6.07, 6.45) is 0. The molecule has 0 aliphatic carbocycles. The first kappa shape index (κ1) is 15.3. The third kappa shape index (κ3) is 2.98. The van der Waals surface area contributed by atoms with Gasteiger partial charge in [0.15, 0.2) is 0 Å². The number of aliphatic hydroxyl groups is 1. The molecule has 1 N–H and O–H groups in total. The highest BCUT2D eigenvalue weighted by Crippen LogP contribution is 2.23. The summed E-state index contributed by atoms with van der Waals surface area (Å²) < 4.78 is 32.4. The van der Waals surface area contributed by atoms with E-state index in [1.807, 2.05) is 0 Å². The molecule has 1 aliphatic rings. The predicted molar refractivity (Wildman–Crippen MR) is 65.7 cm³/mol. The molecule has 9 heteroatoms. The van der Waals surface area contributed by atoms with Gasteiger partial charge in [-0.05, 0) is 6.07 Å². The molecule has 1 atom stereocenters. The van der Waals surface area contributed by atoms with Gasteiger partial charge in [-0.2, -0.15) is 4.39 Å². The Kier molecular flexibility index (Phi) is 4.43. The number of carbonyl (C=O) groups excluding carboxylic acids is 1. The van der Waals surface area contributed by atoms with Gasteiger partial charge < -0.3 is 14.7 Å². The van der Waals surface area contributed by atoms with Crippen molar-refractivity contribution < 1.29 is 28.3 Å². The second-order valence-corrected chi connectivity index (χ2v) is 4.45. The van der Waals surface area contributed by atoms with Crippen LogP contribution in [-0.4, -0.2) is 53.2 Å². The summed E-state index contributed by atoms with van der Waals surface area (Å²) in [6.45, 7) is 0.0174. The fourth-order valence-electron chi connectivity index (χ4n) is 2.07. The Bertz CT molecular complexity index is 581. The summed E-state index contributed by atoms with van der Waals surface area (Å²) in [5.41, 5.74) is -1.65. The number of amides is 1. The van der Waals surface area contributed by atoms with Crippen molar-refractivity contribution in [2.45, 2.75) is 6.04 Å². The van der Waals surface area contributed by atoms with Gasteiger partial charge in [0.25, 0.3) is 5.91 Å². The number of nitro benzene ring substituents is 1. The van der Waals surface area contributed by atoms with E-state index in [9.17, 15) is 23.7 Å². The van der Waals surface area contributed by atoms with Crippen molar-refractivity contribution in [2.75, 3.05) is 26.4 Å². The number of carbonyl (C=O) groups is 1. The van der Waals surface area contributed by atoms with Crippen molar-refractivity contribution in [1.82, 2.24) is 4.90 Å². The van der Waals surface area contributed by atoms with Gasteiger partial charge in [-0.25, -0.2) is 4.39 Å². The van der Waals surface area contributed by atoms with Gasteiger partial charge >= 0.3 is 5.69 Å². The molecule has 0 aromatic heterocycles. The maximum atomic E-state index is 13.8. The first-order chi connectivity index (χ1) is 9.95. The Labute approximate surface area is 117 Å². The topological polar surface area (TPSA) is 92.9 Å². The highest BCUT2D eigenvalue weighted by atomic mass is 19.1. The molecule has 0 saturated carbocycles. The van der Waals surface area contributed by atoms with E-state index in [1.54, 1.807) is 0 Å². The Balaban J connectivity index is 2.34. The van der Waals surface area contributed by atoms with E-state index in [0.717, 1.165) is 4.90 Å². The lowest BCUT2D eigenvalue weighted by Gasteiger charge is -2.34. The predicted octanol–water partition coefficient (Wildman–Crippen LogP) is 0.706. The SMILES string of the molecule is O=C(c1cc(F)c([N+](=O)[O-])cc1F)N1CCOCC1CO. The van der Waals surface area contributed by atoms with Crippen LogP contribution in [0, 0.1) is 21.7 Å². The van der Waals surface area contributed by atoms with E-state index in [4.69, 9.17) is 9.84 Å². The molecule has 0 spiro atoms. The summed E-state index contributed by atoms with van der Waals surface area (Å²) in [5, 5.41) is 19.7. The number of rotatable bonds is 3. The van der Waals surface area contributed by atoms with Gasteiger partial charge in [0.1, 0.15) is 5.82 Å². The molecule has 21 heavy (non-hydrogen) atoms. The van der Waals surface area contributed by atoms with Gasteiger partial charge in [-0.1, -0.05) is 0 Å². The monoisotopic (exact) mass is 302 g/mol. The number of halogens is 2. The molecule has 7 nitrogen and oxygen atoms in total. The molecule has 1 aliphatic heterocycles. The highest BCUT2D eigenvalue weighted by molar-refractivity contribution is 5.95. The maximum Gasteiger partial charge on any atom is 0.307 e. The van der Waals surface area contributed by atoms with E-state index in [0.29, 0.717) is 12.1 Å².